The second-order valence-electron chi connectivity index (χ2n) is 6.33. The summed E-state index contributed by atoms with van der Waals surface area (Å²) in [6, 6.07) is 10.9. The number of nitrogens with one attached hydrogen (secondary N) is 3. The van der Waals surface area contributed by atoms with Crippen molar-refractivity contribution in [3.8, 4) is 0 Å². The second kappa shape index (κ2) is 8.98. The molecule has 0 bridgehead atoms. The first-order chi connectivity index (χ1) is 13.1. The van der Waals surface area contributed by atoms with Crippen LogP contribution in [0.2, 0.25) is 0 Å². The fourth-order valence-corrected chi connectivity index (χ4v) is 2.93. The molecule has 0 aliphatic carbocycles. The predicted molar refractivity (Wildman–Crippen MR) is 101 cm³/mol. The van der Waals surface area contributed by atoms with Crippen molar-refractivity contribution in [2.75, 3.05) is 29.9 Å². The fourth-order valence-electron chi connectivity index (χ4n) is 2.93. The predicted octanol–water partition coefficient (Wildman–Crippen LogP) is 2.13. The van der Waals surface area contributed by atoms with E-state index in [9.17, 15) is 14.0 Å². The lowest BCUT2D eigenvalue weighted by Gasteiger charge is -2.33. The van der Waals surface area contributed by atoms with Crippen molar-refractivity contribution < 1.29 is 14.0 Å². The standard InChI is InChI=1S/C19H22FN5O2/c20-14-4-6-15(7-5-14)23-18(26)13-22-19(27)24-16-8-11-25(12-9-16)17-3-1-2-10-21-17/h1-7,10,16H,8-9,11-13H2,(H,23,26)(H2,22,24,27). The minimum Gasteiger partial charge on any atom is -0.356 e. The van der Waals surface area contributed by atoms with Gasteiger partial charge in [-0.05, 0) is 49.2 Å². The summed E-state index contributed by atoms with van der Waals surface area (Å²) < 4.78 is 12.8. The van der Waals surface area contributed by atoms with Crippen molar-refractivity contribution in [1.82, 2.24) is 15.6 Å². The van der Waals surface area contributed by atoms with E-state index in [4.69, 9.17) is 0 Å². The highest BCUT2D eigenvalue weighted by Gasteiger charge is 2.21. The molecule has 0 radical (unpaired) electrons. The third-order valence-corrected chi connectivity index (χ3v) is 4.34. The van der Waals surface area contributed by atoms with Crippen molar-refractivity contribution in [2.45, 2.75) is 18.9 Å². The summed E-state index contributed by atoms with van der Waals surface area (Å²) >= 11 is 0. The topological polar surface area (TPSA) is 86.4 Å². The van der Waals surface area contributed by atoms with Gasteiger partial charge in [0.1, 0.15) is 11.6 Å². The van der Waals surface area contributed by atoms with Gasteiger partial charge in [0.05, 0.1) is 6.54 Å². The Morgan fingerprint density at radius 2 is 1.85 bits per heavy atom. The number of hydrogen-bond donors (Lipinski definition) is 3. The van der Waals surface area contributed by atoms with E-state index >= 15 is 0 Å². The summed E-state index contributed by atoms with van der Waals surface area (Å²) in [7, 11) is 0. The lowest BCUT2D eigenvalue weighted by Crippen LogP contribution is -2.49. The largest absolute Gasteiger partial charge is 0.356 e. The summed E-state index contributed by atoms with van der Waals surface area (Å²) in [5, 5.41) is 8.02. The van der Waals surface area contributed by atoms with E-state index in [0.717, 1.165) is 31.7 Å². The molecule has 0 saturated carbocycles. The van der Waals surface area contributed by atoms with Gasteiger partial charge in [0.15, 0.2) is 0 Å². The van der Waals surface area contributed by atoms with Gasteiger partial charge < -0.3 is 20.9 Å². The summed E-state index contributed by atoms with van der Waals surface area (Å²) in [6.07, 6.45) is 3.39. The molecule has 27 heavy (non-hydrogen) atoms. The lowest BCUT2D eigenvalue weighted by molar-refractivity contribution is -0.115. The van der Waals surface area contributed by atoms with Crippen LogP contribution in [0.3, 0.4) is 0 Å². The number of amides is 3. The number of nitrogens with zero attached hydrogens (tertiary/aromatic N) is 2. The quantitative estimate of drug-likeness (QED) is 0.752. The maximum atomic E-state index is 12.8. The number of carbonyl (C=O) groups is 2. The first-order valence-electron chi connectivity index (χ1n) is 8.86. The Morgan fingerprint density at radius 3 is 2.52 bits per heavy atom. The molecule has 2 heterocycles. The molecule has 0 unspecified atom stereocenters. The minimum absolute atomic E-state index is 0.0603. The number of carbonyl (C=O) groups excluding carboxylic acids is 2. The SMILES string of the molecule is O=C(CNC(=O)NC1CCN(c2ccccn2)CC1)Nc1ccc(F)cc1. The average Bonchev–Trinajstić information content (AvgIpc) is 2.69. The molecule has 0 spiro atoms. The minimum atomic E-state index is -0.375. The number of urea groups is 1. The first kappa shape index (κ1) is 18.6. The van der Waals surface area contributed by atoms with E-state index in [-0.39, 0.29) is 30.3 Å². The van der Waals surface area contributed by atoms with Crippen LogP contribution in [-0.4, -0.2) is 42.6 Å². The van der Waals surface area contributed by atoms with Gasteiger partial charge >= 0.3 is 6.03 Å². The van der Waals surface area contributed by atoms with E-state index in [1.807, 2.05) is 18.2 Å². The Balaban J connectivity index is 1.36. The maximum absolute atomic E-state index is 12.8. The number of aromatic nitrogens is 1. The lowest BCUT2D eigenvalue weighted by atomic mass is 10.1. The summed E-state index contributed by atoms with van der Waals surface area (Å²) in [5.41, 5.74) is 0.477. The number of rotatable bonds is 5. The van der Waals surface area contributed by atoms with Crippen LogP contribution in [0.25, 0.3) is 0 Å². The maximum Gasteiger partial charge on any atom is 0.315 e. The highest BCUT2D eigenvalue weighted by atomic mass is 19.1. The summed E-state index contributed by atoms with van der Waals surface area (Å²) in [6.45, 7) is 1.47. The molecule has 1 saturated heterocycles. The zero-order chi connectivity index (χ0) is 19.1. The molecule has 7 nitrogen and oxygen atoms in total. The highest BCUT2D eigenvalue weighted by molar-refractivity contribution is 5.94. The van der Waals surface area contributed by atoms with E-state index in [2.05, 4.69) is 25.8 Å². The van der Waals surface area contributed by atoms with E-state index in [0.29, 0.717) is 5.69 Å². The van der Waals surface area contributed by atoms with Gasteiger partial charge in [-0.3, -0.25) is 4.79 Å². The fraction of sp³-hybridized carbons (Fsp3) is 0.316. The van der Waals surface area contributed by atoms with E-state index < -0.39 is 0 Å². The molecule has 1 aromatic heterocycles. The number of halogens is 1. The molecule has 8 heteroatoms. The second-order valence-corrected chi connectivity index (χ2v) is 6.33. The zero-order valence-electron chi connectivity index (χ0n) is 14.8. The Hall–Kier alpha value is -3.16. The molecule has 1 aliphatic heterocycles. The Kier molecular flexibility index (Phi) is 6.19. The summed E-state index contributed by atoms with van der Waals surface area (Å²) in [5.74, 6) is 0.194. The van der Waals surface area contributed by atoms with Gasteiger partial charge in [0, 0.05) is 31.0 Å². The van der Waals surface area contributed by atoms with Crippen LogP contribution in [0.5, 0.6) is 0 Å². The molecule has 1 aliphatic rings. The molecule has 1 aromatic carbocycles. The smallest absolute Gasteiger partial charge is 0.315 e. The molecule has 1 fully saturated rings. The van der Waals surface area contributed by atoms with Gasteiger partial charge in [0.2, 0.25) is 5.91 Å². The number of anilines is 2. The molecule has 2 aromatic rings. The Bertz CT molecular complexity index is 761. The molecule has 142 valence electrons. The average molecular weight is 371 g/mol. The van der Waals surface area contributed by atoms with Gasteiger partial charge in [-0.1, -0.05) is 6.07 Å². The Labute approximate surface area is 157 Å². The first-order valence-corrected chi connectivity index (χ1v) is 8.86. The molecule has 3 rings (SSSR count). The third-order valence-electron chi connectivity index (χ3n) is 4.34. The number of hydrogen-bond acceptors (Lipinski definition) is 4. The van der Waals surface area contributed by atoms with Crippen LogP contribution >= 0.6 is 0 Å². The van der Waals surface area contributed by atoms with E-state index in [1.54, 1.807) is 6.20 Å². The third kappa shape index (κ3) is 5.67. The molecular weight excluding hydrogens is 349 g/mol. The van der Waals surface area contributed by atoms with Crippen LogP contribution < -0.4 is 20.9 Å². The van der Waals surface area contributed by atoms with Gasteiger partial charge in [-0.15, -0.1) is 0 Å². The van der Waals surface area contributed by atoms with Crippen LogP contribution in [0, 0.1) is 5.82 Å². The van der Waals surface area contributed by atoms with Crippen molar-refractivity contribution in [3.05, 3.63) is 54.5 Å². The summed E-state index contributed by atoms with van der Waals surface area (Å²) in [4.78, 5) is 30.3. The normalized spacial score (nSPS) is 14.5. The van der Waals surface area contributed by atoms with Crippen molar-refractivity contribution in [2.24, 2.45) is 0 Å². The highest BCUT2D eigenvalue weighted by Crippen LogP contribution is 2.17. The number of piperidine rings is 1. The van der Waals surface area contributed by atoms with Crippen LogP contribution in [-0.2, 0) is 4.79 Å². The Morgan fingerprint density at radius 1 is 1.11 bits per heavy atom. The van der Waals surface area contributed by atoms with Gasteiger partial charge in [-0.2, -0.15) is 0 Å². The van der Waals surface area contributed by atoms with Crippen LogP contribution in [0.15, 0.2) is 48.7 Å². The number of benzene rings is 1. The number of pyridine rings is 1. The molecular formula is C19H22FN5O2. The monoisotopic (exact) mass is 371 g/mol. The van der Waals surface area contributed by atoms with Gasteiger partial charge in [0.25, 0.3) is 0 Å². The molecule has 3 amide bonds. The van der Waals surface area contributed by atoms with Crippen LogP contribution in [0.4, 0.5) is 20.7 Å². The van der Waals surface area contributed by atoms with Crippen molar-refractivity contribution in [1.29, 1.82) is 0 Å². The molecule has 3 N–H and O–H groups in total. The molecule has 0 atom stereocenters. The van der Waals surface area contributed by atoms with Crippen molar-refractivity contribution in [3.63, 3.8) is 0 Å². The van der Waals surface area contributed by atoms with Crippen molar-refractivity contribution >= 4 is 23.4 Å². The van der Waals surface area contributed by atoms with E-state index in [1.165, 1.54) is 24.3 Å². The van der Waals surface area contributed by atoms with Gasteiger partial charge in [-0.25, -0.2) is 14.2 Å². The van der Waals surface area contributed by atoms with Crippen LogP contribution in [0.1, 0.15) is 12.8 Å². The zero-order valence-corrected chi connectivity index (χ0v) is 14.8.